The lowest BCUT2D eigenvalue weighted by atomic mass is 10.1. The van der Waals surface area contributed by atoms with E-state index in [1.807, 2.05) is 25.1 Å². The Hall–Kier alpha value is -0.580. The summed E-state index contributed by atoms with van der Waals surface area (Å²) in [5.74, 6) is 0.861. The van der Waals surface area contributed by atoms with Gasteiger partial charge in [0.2, 0.25) is 0 Å². The van der Waals surface area contributed by atoms with Gasteiger partial charge in [-0.05, 0) is 24.6 Å². The number of rotatable bonds is 3. The molecule has 2 N–H and O–H groups in total. The van der Waals surface area contributed by atoms with E-state index in [1.54, 1.807) is 0 Å². The molecule has 0 aliphatic carbocycles. The standard InChI is InChI=1S/C11H14BrNO2/c1-7(13)10-3-2-8(4-11(10)12)15-9-5-14-6-9/h2-4,7,9H,5-6,13H2,1H3. The van der Waals surface area contributed by atoms with Gasteiger partial charge in [0.25, 0.3) is 0 Å². The van der Waals surface area contributed by atoms with E-state index in [1.165, 1.54) is 0 Å². The molecule has 1 unspecified atom stereocenters. The van der Waals surface area contributed by atoms with Crippen LogP contribution in [0.3, 0.4) is 0 Å². The highest BCUT2D eigenvalue weighted by Gasteiger charge is 2.20. The maximum absolute atomic E-state index is 5.81. The monoisotopic (exact) mass is 271 g/mol. The van der Waals surface area contributed by atoms with Crippen molar-refractivity contribution in [1.29, 1.82) is 0 Å². The molecule has 15 heavy (non-hydrogen) atoms. The van der Waals surface area contributed by atoms with Crippen LogP contribution in [0.4, 0.5) is 0 Å². The number of nitrogens with two attached hydrogens (primary N) is 1. The van der Waals surface area contributed by atoms with Gasteiger partial charge in [0.05, 0.1) is 13.2 Å². The minimum Gasteiger partial charge on any atom is -0.486 e. The summed E-state index contributed by atoms with van der Waals surface area (Å²) in [6.07, 6.45) is 0.207. The van der Waals surface area contributed by atoms with Crippen LogP contribution in [0.15, 0.2) is 22.7 Å². The molecule has 1 atom stereocenters. The second-order valence-electron chi connectivity index (χ2n) is 3.75. The molecule has 82 valence electrons. The minimum absolute atomic E-state index is 0.0282. The fraction of sp³-hybridized carbons (Fsp3) is 0.455. The van der Waals surface area contributed by atoms with Crippen molar-refractivity contribution in [3.05, 3.63) is 28.2 Å². The highest BCUT2D eigenvalue weighted by molar-refractivity contribution is 9.10. The van der Waals surface area contributed by atoms with Crippen molar-refractivity contribution in [3.8, 4) is 5.75 Å². The Balaban J connectivity index is 2.10. The van der Waals surface area contributed by atoms with Crippen molar-refractivity contribution >= 4 is 15.9 Å². The summed E-state index contributed by atoms with van der Waals surface area (Å²) >= 11 is 3.49. The molecule has 0 spiro atoms. The van der Waals surface area contributed by atoms with Crippen LogP contribution in [0.25, 0.3) is 0 Å². The SMILES string of the molecule is CC(N)c1ccc(OC2COC2)cc1Br. The molecule has 0 bridgehead atoms. The molecule has 0 radical (unpaired) electrons. The van der Waals surface area contributed by atoms with Crippen molar-refractivity contribution in [1.82, 2.24) is 0 Å². The summed E-state index contributed by atoms with van der Waals surface area (Å²) < 4.78 is 11.7. The van der Waals surface area contributed by atoms with Crippen molar-refractivity contribution in [2.45, 2.75) is 19.1 Å². The van der Waals surface area contributed by atoms with Crippen LogP contribution >= 0.6 is 15.9 Å². The fourth-order valence-electron chi connectivity index (χ4n) is 1.43. The maximum atomic E-state index is 5.81. The van der Waals surface area contributed by atoms with Crippen LogP contribution in [0.2, 0.25) is 0 Å². The number of hydrogen-bond donors (Lipinski definition) is 1. The third-order valence-electron chi connectivity index (χ3n) is 2.37. The van der Waals surface area contributed by atoms with Gasteiger partial charge in [-0.1, -0.05) is 22.0 Å². The average molecular weight is 272 g/mol. The van der Waals surface area contributed by atoms with E-state index in [2.05, 4.69) is 15.9 Å². The first kappa shape index (κ1) is 10.9. The Labute approximate surface area is 97.7 Å². The zero-order chi connectivity index (χ0) is 10.8. The van der Waals surface area contributed by atoms with E-state index in [0.29, 0.717) is 13.2 Å². The molecule has 1 heterocycles. The van der Waals surface area contributed by atoms with E-state index in [0.717, 1.165) is 15.8 Å². The Morgan fingerprint density at radius 3 is 2.73 bits per heavy atom. The van der Waals surface area contributed by atoms with Crippen LogP contribution < -0.4 is 10.5 Å². The third kappa shape index (κ3) is 2.51. The van der Waals surface area contributed by atoms with Crippen LogP contribution in [-0.2, 0) is 4.74 Å². The smallest absolute Gasteiger partial charge is 0.145 e. The second kappa shape index (κ2) is 4.51. The Kier molecular flexibility index (Phi) is 3.29. The molecule has 1 fully saturated rings. The van der Waals surface area contributed by atoms with E-state index in [9.17, 15) is 0 Å². The van der Waals surface area contributed by atoms with Gasteiger partial charge in [-0.15, -0.1) is 0 Å². The summed E-state index contributed by atoms with van der Waals surface area (Å²) in [6, 6.07) is 5.92. The van der Waals surface area contributed by atoms with Gasteiger partial charge in [0.1, 0.15) is 11.9 Å². The molecule has 1 aromatic rings. The highest BCUT2D eigenvalue weighted by Crippen LogP contribution is 2.27. The third-order valence-corrected chi connectivity index (χ3v) is 3.06. The summed E-state index contributed by atoms with van der Waals surface area (Å²) in [5, 5.41) is 0. The Bertz CT molecular complexity index is 350. The Morgan fingerprint density at radius 1 is 1.53 bits per heavy atom. The van der Waals surface area contributed by atoms with E-state index in [-0.39, 0.29) is 12.1 Å². The molecule has 1 aromatic carbocycles. The van der Waals surface area contributed by atoms with Crippen molar-refractivity contribution < 1.29 is 9.47 Å². The van der Waals surface area contributed by atoms with Gasteiger partial charge in [-0.3, -0.25) is 0 Å². The van der Waals surface area contributed by atoms with E-state index < -0.39 is 0 Å². The van der Waals surface area contributed by atoms with Crippen LogP contribution in [0.5, 0.6) is 5.75 Å². The van der Waals surface area contributed by atoms with Gasteiger partial charge in [0, 0.05) is 10.5 Å². The zero-order valence-electron chi connectivity index (χ0n) is 8.57. The normalized spacial score (nSPS) is 18.3. The lowest BCUT2D eigenvalue weighted by Gasteiger charge is -2.27. The quantitative estimate of drug-likeness (QED) is 0.917. The van der Waals surface area contributed by atoms with Gasteiger partial charge in [-0.25, -0.2) is 0 Å². The first-order valence-electron chi connectivity index (χ1n) is 4.96. The van der Waals surface area contributed by atoms with Crippen molar-refractivity contribution in [2.24, 2.45) is 5.73 Å². The largest absolute Gasteiger partial charge is 0.486 e. The van der Waals surface area contributed by atoms with E-state index >= 15 is 0 Å². The molecule has 1 saturated heterocycles. The van der Waals surface area contributed by atoms with Gasteiger partial charge >= 0.3 is 0 Å². The molecule has 0 aromatic heterocycles. The van der Waals surface area contributed by atoms with Crippen LogP contribution in [0, 0.1) is 0 Å². The van der Waals surface area contributed by atoms with Crippen molar-refractivity contribution in [2.75, 3.05) is 13.2 Å². The topological polar surface area (TPSA) is 44.5 Å². The lowest BCUT2D eigenvalue weighted by Crippen LogP contribution is -2.38. The van der Waals surface area contributed by atoms with E-state index in [4.69, 9.17) is 15.2 Å². The summed E-state index contributed by atoms with van der Waals surface area (Å²) in [6.45, 7) is 3.33. The molecule has 0 amide bonds. The summed E-state index contributed by atoms with van der Waals surface area (Å²) in [4.78, 5) is 0. The van der Waals surface area contributed by atoms with Crippen molar-refractivity contribution in [3.63, 3.8) is 0 Å². The molecule has 0 saturated carbocycles. The lowest BCUT2D eigenvalue weighted by molar-refractivity contribution is -0.0797. The Morgan fingerprint density at radius 2 is 2.27 bits per heavy atom. The van der Waals surface area contributed by atoms with Crippen LogP contribution in [0.1, 0.15) is 18.5 Å². The van der Waals surface area contributed by atoms with Gasteiger partial charge in [-0.2, -0.15) is 0 Å². The number of hydrogen-bond acceptors (Lipinski definition) is 3. The minimum atomic E-state index is 0.0282. The second-order valence-corrected chi connectivity index (χ2v) is 4.60. The molecular formula is C11H14BrNO2. The highest BCUT2D eigenvalue weighted by atomic mass is 79.9. The fourth-order valence-corrected chi connectivity index (χ4v) is 2.14. The number of benzene rings is 1. The first-order chi connectivity index (χ1) is 7.16. The first-order valence-corrected chi connectivity index (χ1v) is 5.75. The van der Waals surface area contributed by atoms with Gasteiger partial charge in [0.15, 0.2) is 0 Å². The molecule has 2 rings (SSSR count). The van der Waals surface area contributed by atoms with Gasteiger partial charge < -0.3 is 15.2 Å². The molecular weight excluding hydrogens is 258 g/mol. The molecule has 3 nitrogen and oxygen atoms in total. The molecule has 1 aliphatic rings. The summed E-state index contributed by atoms with van der Waals surface area (Å²) in [5.41, 5.74) is 6.90. The number of halogens is 1. The predicted molar refractivity (Wildman–Crippen MR) is 62.0 cm³/mol. The van der Waals surface area contributed by atoms with Crippen LogP contribution in [-0.4, -0.2) is 19.3 Å². The molecule has 1 aliphatic heterocycles. The molecule has 4 heteroatoms. The zero-order valence-corrected chi connectivity index (χ0v) is 10.2. The summed E-state index contributed by atoms with van der Waals surface area (Å²) in [7, 11) is 0. The maximum Gasteiger partial charge on any atom is 0.145 e. The predicted octanol–water partition coefficient (Wildman–Crippen LogP) is 2.25. The number of ether oxygens (including phenoxy) is 2. The average Bonchev–Trinajstić information content (AvgIpc) is 2.11.